The number of aliphatic hydroxyl groups is 1. The molecule has 0 radical (unpaired) electrons. The molecule has 0 saturated heterocycles. The molecule has 1 aromatic heterocycles. The Kier molecular flexibility index (Phi) is 2.76. The minimum Gasteiger partial charge on any atom is -0.458 e. The van der Waals surface area contributed by atoms with Crippen molar-refractivity contribution in [2.45, 2.75) is 32.8 Å². The van der Waals surface area contributed by atoms with Crippen LogP contribution in [0, 0.1) is 5.92 Å². The molecule has 0 aliphatic rings. The molecule has 1 heterocycles. The number of furan rings is 1. The van der Waals surface area contributed by atoms with E-state index in [-0.39, 0.29) is 0 Å². The van der Waals surface area contributed by atoms with Crippen molar-refractivity contribution in [2.75, 3.05) is 0 Å². The zero-order valence-electron chi connectivity index (χ0n) is 10.0. The van der Waals surface area contributed by atoms with Crippen molar-refractivity contribution >= 4 is 11.0 Å². The highest BCUT2D eigenvalue weighted by Crippen LogP contribution is 2.32. The molecule has 1 aromatic carbocycles. The lowest BCUT2D eigenvalue weighted by atomic mass is 9.92. The molecule has 2 nitrogen and oxygen atoms in total. The zero-order chi connectivity index (χ0) is 11.8. The number of fused-ring (bicyclic) bond motifs is 1. The van der Waals surface area contributed by atoms with Gasteiger partial charge >= 0.3 is 0 Å². The normalized spacial score (nSPS) is 15.6. The second-order valence-electron chi connectivity index (χ2n) is 5.02. The van der Waals surface area contributed by atoms with Gasteiger partial charge in [0.25, 0.3) is 0 Å². The first kappa shape index (κ1) is 11.2. The van der Waals surface area contributed by atoms with E-state index in [4.69, 9.17) is 4.42 Å². The highest BCUT2D eigenvalue weighted by molar-refractivity contribution is 5.77. The summed E-state index contributed by atoms with van der Waals surface area (Å²) in [5.41, 5.74) is -0.0470. The van der Waals surface area contributed by atoms with Crippen molar-refractivity contribution in [3.8, 4) is 0 Å². The molecule has 2 rings (SSSR count). The molecule has 0 spiro atoms. The van der Waals surface area contributed by atoms with Gasteiger partial charge in [-0.1, -0.05) is 32.0 Å². The van der Waals surface area contributed by atoms with Crippen molar-refractivity contribution in [1.82, 2.24) is 0 Å². The monoisotopic (exact) mass is 218 g/mol. The van der Waals surface area contributed by atoms with Gasteiger partial charge in [0.1, 0.15) is 16.9 Å². The number of hydrogen-bond acceptors (Lipinski definition) is 2. The molecule has 0 aliphatic carbocycles. The minimum absolute atomic E-state index is 0.434. The van der Waals surface area contributed by atoms with Crippen LogP contribution in [0.4, 0.5) is 0 Å². The van der Waals surface area contributed by atoms with Crippen molar-refractivity contribution in [3.63, 3.8) is 0 Å². The molecular formula is C14H18O2. The van der Waals surface area contributed by atoms with E-state index in [1.54, 1.807) is 0 Å². The van der Waals surface area contributed by atoms with Crippen LogP contribution in [0.1, 0.15) is 33.0 Å². The largest absolute Gasteiger partial charge is 0.458 e. The number of benzene rings is 1. The van der Waals surface area contributed by atoms with Crippen LogP contribution in [0.5, 0.6) is 0 Å². The van der Waals surface area contributed by atoms with E-state index in [1.165, 1.54) is 0 Å². The molecular weight excluding hydrogens is 200 g/mol. The summed E-state index contributed by atoms with van der Waals surface area (Å²) in [5, 5.41) is 11.4. The molecule has 0 fully saturated rings. The maximum Gasteiger partial charge on any atom is 0.136 e. The summed E-state index contributed by atoms with van der Waals surface area (Å²) in [6, 6.07) is 9.75. The van der Waals surface area contributed by atoms with Gasteiger partial charge in [-0.15, -0.1) is 0 Å². The predicted molar refractivity (Wildman–Crippen MR) is 65.2 cm³/mol. The van der Waals surface area contributed by atoms with Crippen molar-refractivity contribution in [1.29, 1.82) is 0 Å². The highest BCUT2D eigenvalue weighted by Gasteiger charge is 2.28. The SMILES string of the molecule is CC(C)CC(C)(O)c1cc2ccccc2o1. The third kappa shape index (κ3) is 2.12. The van der Waals surface area contributed by atoms with Crippen LogP contribution >= 0.6 is 0 Å². The lowest BCUT2D eigenvalue weighted by molar-refractivity contribution is 0.0150. The first-order valence-electron chi connectivity index (χ1n) is 5.70. The summed E-state index contributed by atoms with van der Waals surface area (Å²) in [5.74, 6) is 1.09. The first-order valence-corrected chi connectivity index (χ1v) is 5.70. The molecule has 1 N–H and O–H groups in total. The van der Waals surface area contributed by atoms with Gasteiger partial charge in [0.15, 0.2) is 0 Å². The van der Waals surface area contributed by atoms with Crippen molar-refractivity contribution in [3.05, 3.63) is 36.1 Å². The molecule has 2 aromatic rings. The van der Waals surface area contributed by atoms with Crippen LogP contribution < -0.4 is 0 Å². The molecule has 2 heteroatoms. The molecule has 86 valence electrons. The predicted octanol–water partition coefficient (Wildman–Crippen LogP) is 3.69. The lowest BCUT2D eigenvalue weighted by Crippen LogP contribution is -2.22. The van der Waals surface area contributed by atoms with Gasteiger partial charge in [-0.05, 0) is 31.4 Å². The van der Waals surface area contributed by atoms with Gasteiger partial charge in [0.05, 0.1) is 0 Å². The van der Waals surface area contributed by atoms with Gasteiger partial charge < -0.3 is 9.52 Å². The van der Waals surface area contributed by atoms with E-state index in [2.05, 4.69) is 13.8 Å². The Bertz CT molecular complexity index is 447. The van der Waals surface area contributed by atoms with Crippen LogP contribution in [0.25, 0.3) is 11.0 Å². The third-order valence-corrected chi connectivity index (χ3v) is 2.76. The second kappa shape index (κ2) is 3.95. The Balaban J connectivity index is 2.39. The molecule has 0 amide bonds. The summed E-state index contributed by atoms with van der Waals surface area (Å²) < 4.78 is 5.68. The smallest absolute Gasteiger partial charge is 0.136 e. The van der Waals surface area contributed by atoms with Gasteiger partial charge in [-0.2, -0.15) is 0 Å². The Labute approximate surface area is 95.9 Å². The minimum atomic E-state index is -0.882. The summed E-state index contributed by atoms with van der Waals surface area (Å²) in [4.78, 5) is 0. The van der Waals surface area contributed by atoms with Crippen LogP contribution in [-0.2, 0) is 5.60 Å². The number of hydrogen-bond donors (Lipinski definition) is 1. The van der Waals surface area contributed by atoms with Crippen molar-refractivity contribution < 1.29 is 9.52 Å². The molecule has 16 heavy (non-hydrogen) atoms. The third-order valence-electron chi connectivity index (χ3n) is 2.76. The molecule has 0 aliphatic heterocycles. The van der Waals surface area contributed by atoms with E-state index >= 15 is 0 Å². The maximum atomic E-state index is 10.4. The summed E-state index contributed by atoms with van der Waals surface area (Å²) >= 11 is 0. The average molecular weight is 218 g/mol. The topological polar surface area (TPSA) is 33.4 Å². The average Bonchev–Trinajstić information content (AvgIpc) is 2.59. The summed E-state index contributed by atoms with van der Waals surface area (Å²) in [6.07, 6.45) is 0.701. The molecule has 1 unspecified atom stereocenters. The fraction of sp³-hybridized carbons (Fsp3) is 0.429. The quantitative estimate of drug-likeness (QED) is 0.852. The fourth-order valence-corrected chi connectivity index (χ4v) is 2.14. The fourth-order valence-electron chi connectivity index (χ4n) is 2.14. The molecule has 0 bridgehead atoms. The van der Waals surface area contributed by atoms with Gasteiger partial charge in [0, 0.05) is 5.39 Å². The first-order chi connectivity index (χ1) is 7.49. The van der Waals surface area contributed by atoms with E-state index in [1.807, 2.05) is 37.3 Å². The van der Waals surface area contributed by atoms with Crippen LogP contribution in [0.2, 0.25) is 0 Å². The zero-order valence-corrected chi connectivity index (χ0v) is 10.0. The Morgan fingerprint density at radius 3 is 2.62 bits per heavy atom. The molecule has 0 saturated carbocycles. The van der Waals surface area contributed by atoms with Crippen LogP contribution in [0.3, 0.4) is 0 Å². The standard InChI is InChI=1S/C14H18O2/c1-10(2)9-14(3,15)13-8-11-6-4-5-7-12(11)16-13/h4-8,10,15H,9H2,1-3H3. The number of para-hydroxylation sites is 1. The second-order valence-corrected chi connectivity index (χ2v) is 5.02. The Morgan fingerprint density at radius 1 is 1.31 bits per heavy atom. The van der Waals surface area contributed by atoms with Gasteiger partial charge in [0.2, 0.25) is 0 Å². The van der Waals surface area contributed by atoms with Crippen LogP contribution in [0.15, 0.2) is 34.7 Å². The van der Waals surface area contributed by atoms with E-state index in [0.717, 1.165) is 11.0 Å². The maximum absolute atomic E-state index is 10.4. The Hall–Kier alpha value is -1.28. The van der Waals surface area contributed by atoms with Crippen molar-refractivity contribution in [2.24, 2.45) is 5.92 Å². The van der Waals surface area contributed by atoms with Crippen LogP contribution in [-0.4, -0.2) is 5.11 Å². The summed E-state index contributed by atoms with van der Waals surface area (Å²) in [7, 11) is 0. The van der Waals surface area contributed by atoms with E-state index in [9.17, 15) is 5.11 Å². The van der Waals surface area contributed by atoms with Gasteiger partial charge in [-0.25, -0.2) is 0 Å². The molecule has 1 atom stereocenters. The number of rotatable bonds is 3. The van der Waals surface area contributed by atoms with E-state index < -0.39 is 5.60 Å². The van der Waals surface area contributed by atoms with E-state index in [0.29, 0.717) is 18.1 Å². The highest BCUT2D eigenvalue weighted by atomic mass is 16.4. The summed E-state index contributed by atoms with van der Waals surface area (Å²) in [6.45, 7) is 6.00. The lowest BCUT2D eigenvalue weighted by Gasteiger charge is -2.22. The Morgan fingerprint density at radius 2 is 2.00 bits per heavy atom. The van der Waals surface area contributed by atoms with Gasteiger partial charge in [-0.3, -0.25) is 0 Å².